The number of ether oxygens (including phenoxy) is 2. The van der Waals surface area contributed by atoms with Gasteiger partial charge in [0.15, 0.2) is 0 Å². The largest absolute Gasteiger partial charge is 0.383 e. The molecular weight excluding hydrogens is 505 g/mol. The minimum Gasteiger partial charge on any atom is -0.383 e. The average Bonchev–Trinajstić information content (AvgIpc) is 2.90. The number of anilines is 1. The zero-order valence-electron chi connectivity index (χ0n) is 23.7. The van der Waals surface area contributed by atoms with Crippen LogP contribution in [0.25, 0.3) is 0 Å². The van der Waals surface area contributed by atoms with Crippen LogP contribution < -0.4 is 11.4 Å². The Balaban J connectivity index is 1.33. The van der Waals surface area contributed by atoms with E-state index in [-0.39, 0.29) is 31.9 Å². The fraction of sp³-hybridized carbons (Fsp3) is 0.857. The summed E-state index contributed by atoms with van der Waals surface area (Å²) in [5.74, 6) is 0.169. The first-order valence-electron chi connectivity index (χ1n) is 14.9. The van der Waals surface area contributed by atoms with Crippen LogP contribution in [0.2, 0.25) is 0 Å². The van der Waals surface area contributed by atoms with E-state index in [4.69, 9.17) is 24.3 Å². The summed E-state index contributed by atoms with van der Waals surface area (Å²) in [7, 11) is -3.29. The summed E-state index contributed by atoms with van der Waals surface area (Å²) in [4.78, 5) is 15.5. The normalized spacial score (nSPS) is 19.7. The predicted molar refractivity (Wildman–Crippen MR) is 153 cm³/mol. The number of nitrogens with zero attached hydrogens (tertiary/aromatic N) is 2. The third-order valence-electron chi connectivity index (χ3n) is 6.88. The van der Waals surface area contributed by atoms with Gasteiger partial charge in [0, 0.05) is 12.8 Å². The Hall–Kier alpha value is -1.25. The smallest absolute Gasteiger partial charge is 0.356 e. The molecule has 0 amide bonds. The highest BCUT2D eigenvalue weighted by molar-refractivity contribution is 7.53. The van der Waals surface area contributed by atoms with Gasteiger partial charge in [-0.3, -0.25) is 9.13 Å². The molecule has 0 spiro atoms. The lowest BCUT2D eigenvalue weighted by atomic mass is 10.0. The van der Waals surface area contributed by atoms with Crippen molar-refractivity contribution in [1.82, 2.24) is 9.55 Å². The third-order valence-corrected chi connectivity index (χ3v) is 8.46. The van der Waals surface area contributed by atoms with Gasteiger partial charge in [0.25, 0.3) is 0 Å². The van der Waals surface area contributed by atoms with Crippen LogP contribution in [0.4, 0.5) is 5.82 Å². The molecule has 38 heavy (non-hydrogen) atoms. The van der Waals surface area contributed by atoms with Gasteiger partial charge in [0.2, 0.25) is 0 Å². The first-order chi connectivity index (χ1) is 18.5. The van der Waals surface area contributed by atoms with Crippen LogP contribution in [-0.2, 0) is 29.6 Å². The number of aromatic nitrogens is 2. The van der Waals surface area contributed by atoms with Crippen LogP contribution >= 0.6 is 7.60 Å². The van der Waals surface area contributed by atoms with E-state index in [2.05, 4.69) is 11.9 Å². The van der Waals surface area contributed by atoms with Gasteiger partial charge >= 0.3 is 13.3 Å². The number of rotatable bonds is 23. The lowest BCUT2D eigenvalue weighted by Crippen LogP contribution is -2.35. The van der Waals surface area contributed by atoms with E-state index >= 15 is 0 Å². The molecule has 1 aromatic rings. The van der Waals surface area contributed by atoms with Crippen LogP contribution in [0.15, 0.2) is 17.1 Å². The Bertz CT molecular complexity index is 825. The molecule has 9 nitrogen and oxygen atoms in total. The third kappa shape index (κ3) is 15.4. The molecule has 0 radical (unpaired) electrons. The number of nitrogens with two attached hydrogens (primary N) is 1. The van der Waals surface area contributed by atoms with Crippen LogP contribution in [0.5, 0.6) is 0 Å². The van der Waals surface area contributed by atoms with Gasteiger partial charge in [-0.2, -0.15) is 4.98 Å². The molecule has 2 atom stereocenters. The molecule has 2 N–H and O–H groups in total. The molecular formula is C28H52N3O6P. The minimum atomic E-state index is -3.29. The number of hydrogen-bond donors (Lipinski definition) is 1. The zero-order valence-corrected chi connectivity index (χ0v) is 24.6. The summed E-state index contributed by atoms with van der Waals surface area (Å²) >= 11 is 0. The second-order valence-electron chi connectivity index (χ2n) is 10.4. The summed E-state index contributed by atoms with van der Waals surface area (Å²) in [6.45, 7) is 3.86. The maximum absolute atomic E-state index is 12.6. The highest BCUT2D eigenvalue weighted by Crippen LogP contribution is 2.50. The van der Waals surface area contributed by atoms with Gasteiger partial charge in [-0.15, -0.1) is 0 Å². The van der Waals surface area contributed by atoms with Crippen molar-refractivity contribution in [3.8, 4) is 0 Å². The van der Waals surface area contributed by atoms with Crippen LogP contribution in [-0.4, -0.2) is 48.4 Å². The molecule has 0 aliphatic carbocycles. The standard InChI is InChI=1S/C28H52N3O6P/c1-2-3-4-5-6-7-8-9-10-11-12-13-14-15-16-17-20-34-21-22-36-38(33)25-35-26(24-37-38)23-31-19-18-27(29)30-28(31)32/h18-19,26H,2-17,20-25H2,1H3,(H2,29,30,32)/t26-,38?/m0/s1. The van der Waals surface area contributed by atoms with Crippen molar-refractivity contribution in [2.24, 2.45) is 0 Å². The molecule has 1 fully saturated rings. The summed E-state index contributed by atoms with van der Waals surface area (Å²) in [5, 5.41) is 0. The minimum absolute atomic E-state index is 0.0775. The van der Waals surface area contributed by atoms with E-state index < -0.39 is 19.4 Å². The maximum atomic E-state index is 12.6. The van der Waals surface area contributed by atoms with E-state index in [1.165, 1.54) is 101 Å². The summed E-state index contributed by atoms with van der Waals surface area (Å²) in [6.07, 6.45) is 22.6. The average molecular weight is 558 g/mol. The Morgan fingerprint density at radius 3 is 2.03 bits per heavy atom. The van der Waals surface area contributed by atoms with Crippen LogP contribution in [0.1, 0.15) is 110 Å². The number of nitrogen functional groups attached to an aromatic ring is 1. The summed E-state index contributed by atoms with van der Waals surface area (Å²) in [5.41, 5.74) is 5.04. The zero-order chi connectivity index (χ0) is 27.3. The molecule has 0 bridgehead atoms. The van der Waals surface area contributed by atoms with Gasteiger partial charge in [-0.05, 0) is 12.5 Å². The van der Waals surface area contributed by atoms with Gasteiger partial charge in [0.1, 0.15) is 18.3 Å². The number of hydrogen-bond acceptors (Lipinski definition) is 8. The van der Waals surface area contributed by atoms with Gasteiger partial charge in [-0.25, -0.2) is 4.79 Å². The van der Waals surface area contributed by atoms with Crippen molar-refractivity contribution in [1.29, 1.82) is 0 Å². The molecule has 2 rings (SSSR count). The van der Waals surface area contributed by atoms with E-state index in [0.717, 1.165) is 6.42 Å². The van der Waals surface area contributed by atoms with Crippen molar-refractivity contribution in [3.05, 3.63) is 22.7 Å². The lowest BCUT2D eigenvalue weighted by molar-refractivity contribution is -0.0179. The van der Waals surface area contributed by atoms with Crippen molar-refractivity contribution < 1.29 is 23.1 Å². The monoisotopic (exact) mass is 557 g/mol. The highest BCUT2D eigenvalue weighted by atomic mass is 31.2. The molecule has 1 unspecified atom stereocenters. The molecule has 0 aromatic carbocycles. The second kappa shape index (κ2) is 20.6. The first kappa shape index (κ1) is 33.0. The van der Waals surface area contributed by atoms with Crippen LogP contribution in [0, 0.1) is 0 Å². The lowest BCUT2D eigenvalue weighted by Gasteiger charge is -2.29. The molecule has 10 heteroatoms. The van der Waals surface area contributed by atoms with Gasteiger partial charge < -0.3 is 24.3 Å². The second-order valence-corrected chi connectivity index (χ2v) is 12.4. The molecule has 1 aromatic heterocycles. The van der Waals surface area contributed by atoms with E-state index in [1.807, 2.05) is 0 Å². The number of unbranched alkanes of at least 4 members (excludes halogenated alkanes) is 15. The maximum Gasteiger partial charge on any atom is 0.356 e. The molecule has 220 valence electrons. The van der Waals surface area contributed by atoms with Crippen molar-refractivity contribution in [2.45, 2.75) is 122 Å². The fourth-order valence-electron chi connectivity index (χ4n) is 4.55. The predicted octanol–water partition coefficient (Wildman–Crippen LogP) is 6.69. The van der Waals surface area contributed by atoms with Crippen molar-refractivity contribution in [3.63, 3.8) is 0 Å². The highest BCUT2D eigenvalue weighted by Gasteiger charge is 2.33. The van der Waals surface area contributed by atoms with Crippen LogP contribution in [0.3, 0.4) is 0 Å². The molecule has 1 aliphatic heterocycles. The van der Waals surface area contributed by atoms with E-state index in [0.29, 0.717) is 13.2 Å². The van der Waals surface area contributed by atoms with E-state index in [9.17, 15) is 9.36 Å². The van der Waals surface area contributed by atoms with Crippen molar-refractivity contribution >= 4 is 13.4 Å². The molecule has 2 heterocycles. The Labute approximate surface area is 229 Å². The van der Waals surface area contributed by atoms with Crippen molar-refractivity contribution in [2.75, 3.05) is 38.5 Å². The van der Waals surface area contributed by atoms with Gasteiger partial charge in [0.05, 0.1) is 26.4 Å². The molecule has 1 saturated heterocycles. The topological polar surface area (TPSA) is 115 Å². The van der Waals surface area contributed by atoms with E-state index in [1.54, 1.807) is 12.3 Å². The first-order valence-corrected chi connectivity index (χ1v) is 16.7. The summed E-state index contributed by atoms with van der Waals surface area (Å²) < 4.78 is 36.1. The Kier molecular flexibility index (Phi) is 17.9. The fourth-order valence-corrected chi connectivity index (χ4v) is 5.91. The summed E-state index contributed by atoms with van der Waals surface area (Å²) in [6, 6.07) is 1.54. The Morgan fingerprint density at radius 2 is 1.50 bits per heavy atom. The molecule has 1 aliphatic rings. The van der Waals surface area contributed by atoms with Gasteiger partial charge in [-0.1, -0.05) is 103 Å². The quantitative estimate of drug-likeness (QED) is 0.117. The SMILES string of the molecule is CCCCCCCCCCCCCCCCCCOCCOP1(=O)CO[C@@H](Cn2ccc(N)nc2=O)CO1. The molecule has 0 saturated carbocycles. The Morgan fingerprint density at radius 1 is 0.921 bits per heavy atom.